The number of hydrogen-bond donors (Lipinski definition) is 1. The zero-order valence-corrected chi connectivity index (χ0v) is 15.7. The van der Waals surface area contributed by atoms with Crippen LogP contribution < -0.4 is 5.32 Å². The lowest BCUT2D eigenvalue weighted by Crippen LogP contribution is -2.13. The summed E-state index contributed by atoms with van der Waals surface area (Å²) in [6, 6.07) is 12.5. The number of aromatic nitrogens is 1. The molecule has 1 saturated carbocycles. The van der Waals surface area contributed by atoms with Crippen LogP contribution in [0.1, 0.15) is 54.7 Å². The van der Waals surface area contributed by atoms with Gasteiger partial charge in [-0.05, 0) is 68.5 Å². The molecule has 4 heteroatoms. The molecular weight excluding hydrogens is 322 g/mol. The minimum Gasteiger partial charge on any atom is -0.346 e. The van der Waals surface area contributed by atoms with Crippen LogP contribution in [0.2, 0.25) is 0 Å². The predicted octanol–water partition coefficient (Wildman–Crippen LogP) is 4.94. The molecule has 2 aromatic rings. The Bertz CT molecular complexity index is 877. The van der Waals surface area contributed by atoms with Gasteiger partial charge in [-0.1, -0.05) is 25.5 Å². The molecule has 1 amide bonds. The molecule has 0 saturated heterocycles. The summed E-state index contributed by atoms with van der Waals surface area (Å²) in [7, 11) is 0. The summed E-state index contributed by atoms with van der Waals surface area (Å²) < 4.78 is 2.31. The second-order valence-electron chi connectivity index (χ2n) is 7.00. The fraction of sp³-hybridized carbons (Fsp3) is 0.364. The fourth-order valence-electron chi connectivity index (χ4n) is 3.39. The van der Waals surface area contributed by atoms with Crippen LogP contribution in [0.25, 0.3) is 6.08 Å². The molecule has 3 rings (SSSR count). The van der Waals surface area contributed by atoms with E-state index in [4.69, 9.17) is 0 Å². The quantitative estimate of drug-likeness (QED) is 0.594. The van der Waals surface area contributed by atoms with Crippen LogP contribution >= 0.6 is 0 Å². The van der Waals surface area contributed by atoms with E-state index in [9.17, 15) is 10.1 Å². The Balaban J connectivity index is 1.78. The lowest BCUT2D eigenvalue weighted by atomic mass is 10.1. The number of carbonyl (C=O) groups is 1. The van der Waals surface area contributed by atoms with Crippen molar-refractivity contribution in [3.8, 4) is 6.07 Å². The van der Waals surface area contributed by atoms with Crippen molar-refractivity contribution in [2.45, 2.75) is 52.5 Å². The van der Waals surface area contributed by atoms with Gasteiger partial charge in [-0.3, -0.25) is 4.79 Å². The van der Waals surface area contributed by atoms with Gasteiger partial charge in [0.1, 0.15) is 11.6 Å². The summed E-state index contributed by atoms with van der Waals surface area (Å²) in [5.41, 5.74) is 5.32. The molecule has 0 atom stereocenters. The number of benzene rings is 1. The van der Waals surface area contributed by atoms with E-state index in [1.165, 1.54) is 24.1 Å². The van der Waals surface area contributed by atoms with E-state index in [2.05, 4.69) is 36.7 Å². The Kier molecular flexibility index (Phi) is 5.27. The Labute approximate surface area is 155 Å². The molecule has 0 unspecified atom stereocenters. The summed E-state index contributed by atoms with van der Waals surface area (Å²) in [6.45, 7) is 6.27. The minimum absolute atomic E-state index is 0.124. The van der Waals surface area contributed by atoms with Gasteiger partial charge < -0.3 is 9.88 Å². The molecule has 4 nitrogen and oxygen atoms in total. The maximum atomic E-state index is 12.5. The average molecular weight is 347 g/mol. The highest BCUT2D eigenvalue weighted by atomic mass is 16.1. The first-order valence-corrected chi connectivity index (χ1v) is 9.24. The topological polar surface area (TPSA) is 57.8 Å². The van der Waals surface area contributed by atoms with Crippen LogP contribution in [0.4, 0.5) is 5.69 Å². The number of anilines is 1. The first kappa shape index (κ1) is 18.0. The summed E-state index contributed by atoms with van der Waals surface area (Å²) in [5.74, 6) is -0.369. The van der Waals surface area contributed by atoms with Crippen molar-refractivity contribution >= 4 is 17.7 Å². The number of nitrogens with one attached hydrogen (secondary N) is 1. The standard InChI is InChI=1S/C22H25N3O/c1-4-5-17-6-8-20(9-7-17)24-22(26)19(14-23)13-18-12-15(2)25(16(18)3)21-10-11-21/h6-9,12-13,21H,4-5,10-11H2,1-3H3,(H,24,26)/b19-13+. The lowest BCUT2D eigenvalue weighted by molar-refractivity contribution is -0.112. The van der Waals surface area contributed by atoms with Gasteiger partial charge in [0.25, 0.3) is 5.91 Å². The van der Waals surface area contributed by atoms with Crippen molar-refractivity contribution in [3.63, 3.8) is 0 Å². The lowest BCUT2D eigenvalue weighted by Gasteiger charge is -2.07. The van der Waals surface area contributed by atoms with E-state index in [0.29, 0.717) is 11.7 Å². The van der Waals surface area contributed by atoms with Crippen molar-refractivity contribution in [1.82, 2.24) is 4.57 Å². The third-order valence-electron chi connectivity index (χ3n) is 4.85. The molecule has 1 fully saturated rings. The van der Waals surface area contributed by atoms with E-state index < -0.39 is 0 Å². The monoisotopic (exact) mass is 347 g/mol. The molecule has 0 radical (unpaired) electrons. The predicted molar refractivity (Wildman–Crippen MR) is 105 cm³/mol. The molecule has 1 N–H and O–H groups in total. The highest BCUT2D eigenvalue weighted by Crippen LogP contribution is 2.38. The van der Waals surface area contributed by atoms with Crippen molar-refractivity contribution in [2.75, 3.05) is 5.32 Å². The normalized spacial score (nSPS) is 14.2. The second-order valence-corrected chi connectivity index (χ2v) is 7.00. The van der Waals surface area contributed by atoms with Crippen LogP contribution in [0.3, 0.4) is 0 Å². The number of rotatable bonds is 6. The van der Waals surface area contributed by atoms with Gasteiger partial charge in [0.15, 0.2) is 0 Å². The average Bonchev–Trinajstić information content (AvgIpc) is 3.41. The van der Waals surface area contributed by atoms with Crippen LogP contribution in [0.15, 0.2) is 35.9 Å². The highest BCUT2D eigenvalue weighted by molar-refractivity contribution is 6.09. The number of nitriles is 1. The summed E-state index contributed by atoms with van der Waals surface area (Å²) in [4.78, 5) is 12.5. The SMILES string of the molecule is CCCc1ccc(NC(=O)/C(C#N)=C/c2cc(C)n(C3CC3)c2C)cc1. The zero-order valence-electron chi connectivity index (χ0n) is 15.7. The maximum absolute atomic E-state index is 12.5. The molecule has 1 aliphatic carbocycles. The molecule has 1 aromatic carbocycles. The smallest absolute Gasteiger partial charge is 0.266 e. The second kappa shape index (κ2) is 7.61. The Hall–Kier alpha value is -2.80. The first-order chi connectivity index (χ1) is 12.5. The fourth-order valence-corrected chi connectivity index (χ4v) is 3.39. The molecule has 26 heavy (non-hydrogen) atoms. The number of carbonyl (C=O) groups excluding carboxylic acids is 1. The molecular formula is C22H25N3O. The number of aryl methyl sites for hydroxylation is 2. The van der Waals surface area contributed by atoms with Crippen molar-refractivity contribution in [1.29, 1.82) is 5.26 Å². The van der Waals surface area contributed by atoms with Crippen LogP contribution in [0, 0.1) is 25.2 Å². The van der Waals surface area contributed by atoms with Crippen molar-refractivity contribution in [2.24, 2.45) is 0 Å². The van der Waals surface area contributed by atoms with Gasteiger partial charge in [-0.25, -0.2) is 0 Å². The molecule has 1 aromatic heterocycles. The molecule has 1 aliphatic rings. The first-order valence-electron chi connectivity index (χ1n) is 9.24. The molecule has 0 aliphatic heterocycles. The number of hydrogen-bond acceptors (Lipinski definition) is 2. The number of amides is 1. The molecule has 0 spiro atoms. The van der Waals surface area contributed by atoms with Gasteiger partial charge in [0, 0.05) is 23.1 Å². The Morgan fingerprint density at radius 3 is 2.58 bits per heavy atom. The van der Waals surface area contributed by atoms with Crippen LogP contribution in [-0.4, -0.2) is 10.5 Å². The molecule has 1 heterocycles. The van der Waals surface area contributed by atoms with Gasteiger partial charge >= 0.3 is 0 Å². The summed E-state index contributed by atoms with van der Waals surface area (Å²) >= 11 is 0. The van der Waals surface area contributed by atoms with Crippen molar-refractivity contribution < 1.29 is 4.79 Å². The van der Waals surface area contributed by atoms with E-state index in [1.807, 2.05) is 30.3 Å². The maximum Gasteiger partial charge on any atom is 0.266 e. The molecule has 134 valence electrons. The third kappa shape index (κ3) is 3.88. The Morgan fingerprint density at radius 1 is 1.31 bits per heavy atom. The van der Waals surface area contributed by atoms with E-state index in [-0.39, 0.29) is 11.5 Å². The van der Waals surface area contributed by atoms with E-state index in [0.717, 1.165) is 24.1 Å². The Morgan fingerprint density at radius 2 is 2.00 bits per heavy atom. The van der Waals surface area contributed by atoms with Crippen LogP contribution in [-0.2, 0) is 11.2 Å². The third-order valence-corrected chi connectivity index (χ3v) is 4.85. The minimum atomic E-state index is -0.369. The number of nitrogens with zero attached hydrogens (tertiary/aromatic N) is 2. The summed E-state index contributed by atoms with van der Waals surface area (Å²) in [5, 5.41) is 12.3. The van der Waals surface area contributed by atoms with Gasteiger partial charge in [0.2, 0.25) is 0 Å². The van der Waals surface area contributed by atoms with Crippen LogP contribution in [0.5, 0.6) is 0 Å². The van der Waals surface area contributed by atoms with Gasteiger partial charge in [-0.2, -0.15) is 5.26 Å². The largest absolute Gasteiger partial charge is 0.346 e. The van der Waals surface area contributed by atoms with Gasteiger partial charge in [-0.15, -0.1) is 0 Å². The van der Waals surface area contributed by atoms with E-state index >= 15 is 0 Å². The summed E-state index contributed by atoms with van der Waals surface area (Å²) in [6.07, 6.45) is 6.22. The molecule has 0 bridgehead atoms. The van der Waals surface area contributed by atoms with Gasteiger partial charge in [0.05, 0.1) is 0 Å². The van der Waals surface area contributed by atoms with Crippen molar-refractivity contribution in [3.05, 3.63) is 58.4 Å². The van der Waals surface area contributed by atoms with E-state index in [1.54, 1.807) is 6.08 Å². The zero-order chi connectivity index (χ0) is 18.7. The highest BCUT2D eigenvalue weighted by Gasteiger charge is 2.26.